The topological polar surface area (TPSA) is 70.1 Å². The Balaban J connectivity index is 2.05. The lowest BCUT2D eigenvalue weighted by molar-refractivity contribution is -0.140. The normalized spacial score (nSPS) is 18.5. The van der Waals surface area contributed by atoms with Crippen LogP contribution in [0.1, 0.15) is 31.0 Å². The summed E-state index contributed by atoms with van der Waals surface area (Å²) in [4.78, 5) is 29.2. The van der Waals surface area contributed by atoms with E-state index in [4.69, 9.17) is 4.74 Å². The summed E-state index contributed by atoms with van der Waals surface area (Å²) in [5, 5.41) is 11.0. The van der Waals surface area contributed by atoms with Crippen molar-refractivity contribution in [3.63, 3.8) is 0 Å². The first kappa shape index (κ1) is 21.6. The number of benzene rings is 2. The molecule has 2 aromatic carbocycles. The van der Waals surface area contributed by atoms with Gasteiger partial charge in [0.1, 0.15) is 11.5 Å². The van der Waals surface area contributed by atoms with Gasteiger partial charge in [-0.1, -0.05) is 30.3 Å². The van der Waals surface area contributed by atoms with E-state index < -0.39 is 17.7 Å². The first-order chi connectivity index (χ1) is 14.3. The molecule has 0 spiro atoms. The number of Topliss-reactive ketones (excluding diaryl/α,β-unsaturated/α-hetero) is 1. The van der Waals surface area contributed by atoms with E-state index in [0.717, 1.165) is 5.56 Å². The van der Waals surface area contributed by atoms with Crippen molar-refractivity contribution in [3.05, 3.63) is 71.3 Å². The van der Waals surface area contributed by atoms with Gasteiger partial charge >= 0.3 is 0 Å². The molecule has 3 rings (SSSR count). The lowest BCUT2D eigenvalue weighted by Gasteiger charge is -2.26. The fraction of sp³-hybridized carbons (Fsp3) is 0.333. The second-order valence-corrected chi connectivity index (χ2v) is 7.90. The molecule has 1 fully saturated rings. The second-order valence-electron chi connectivity index (χ2n) is 7.90. The number of ether oxygens (including phenoxy) is 1. The molecule has 0 radical (unpaired) electrons. The minimum Gasteiger partial charge on any atom is -0.507 e. The summed E-state index contributed by atoms with van der Waals surface area (Å²) >= 11 is 0. The van der Waals surface area contributed by atoms with Gasteiger partial charge < -0.3 is 19.6 Å². The van der Waals surface area contributed by atoms with Crippen LogP contribution in [0.3, 0.4) is 0 Å². The van der Waals surface area contributed by atoms with Gasteiger partial charge in [0.05, 0.1) is 17.7 Å². The van der Waals surface area contributed by atoms with E-state index in [1.165, 1.54) is 0 Å². The molecule has 1 aliphatic rings. The van der Waals surface area contributed by atoms with Gasteiger partial charge in [0.25, 0.3) is 11.7 Å². The number of aliphatic hydroxyl groups excluding tert-OH is 1. The molecule has 1 aliphatic heterocycles. The third kappa shape index (κ3) is 4.54. The Morgan fingerprint density at radius 1 is 1.07 bits per heavy atom. The maximum Gasteiger partial charge on any atom is 0.295 e. The average molecular weight is 408 g/mol. The highest BCUT2D eigenvalue weighted by Crippen LogP contribution is 2.39. The Hall–Kier alpha value is -3.12. The molecule has 2 aromatic rings. The number of carbonyl (C=O) groups is 2. The first-order valence-electron chi connectivity index (χ1n) is 10.0. The van der Waals surface area contributed by atoms with Crippen LogP contribution in [0.4, 0.5) is 0 Å². The zero-order valence-corrected chi connectivity index (χ0v) is 17.8. The summed E-state index contributed by atoms with van der Waals surface area (Å²) in [5.74, 6) is -0.757. The van der Waals surface area contributed by atoms with Gasteiger partial charge in [0.2, 0.25) is 0 Å². The third-order valence-corrected chi connectivity index (χ3v) is 4.94. The number of likely N-dealkylation sites (tertiary alicyclic amines) is 1. The van der Waals surface area contributed by atoms with Crippen molar-refractivity contribution in [3.8, 4) is 5.75 Å². The zero-order valence-electron chi connectivity index (χ0n) is 17.8. The van der Waals surface area contributed by atoms with Crippen LogP contribution >= 0.6 is 0 Å². The summed E-state index contributed by atoms with van der Waals surface area (Å²) < 4.78 is 5.64. The number of nitrogens with zero attached hydrogens (tertiary/aromatic N) is 2. The molecule has 0 aromatic heterocycles. The fourth-order valence-corrected chi connectivity index (χ4v) is 3.52. The number of carbonyl (C=O) groups excluding carboxylic acids is 2. The standard InChI is InChI=1S/C24H28N2O4/c1-16(2)30-19-12-10-18(11-13-19)22(27)20-21(17-8-6-5-7-9-17)26(15-14-25(3)4)24(29)23(20)28/h5-13,16,21,27H,14-15H2,1-4H3/t21-/m1/s1. The van der Waals surface area contributed by atoms with Gasteiger partial charge in [0.15, 0.2) is 0 Å². The van der Waals surface area contributed by atoms with Crippen LogP contribution in [0, 0.1) is 0 Å². The van der Waals surface area contributed by atoms with Crippen molar-refractivity contribution in [2.75, 3.05) is 27.2 Å². The molecule has 1 N–H and O–H groups in total. The SMILES string of the molecule is CC(C)Oc1ccc(C(O)=C2C(=O)C(=O)N(CCN(C)C)[C@@H]2c2ccccc2)cc1. The van der Waals surface area contributed by atoms with Crippen molar-refractivity contribution in [1.82, 2.24) is 9.80 Å². The molecule has 0 unspecified atom stereocenters. The molecule has 6 heteroatoms. The van der Waals surface area contributed by atoms with Gasteiger partial charge in [-0.25, -0.2) is 0 Å². The van der Waals surface area contributed by atoms with E-state index in [2.05, 4.69) is 0 Å². The predicted molar refractivity (Wildman–Crippen MR) is 116 cm³/mol. The van der Waals surface area contributed by atoms with Crippen molar-refractivity contribution >= 4 is 17.4 Å². The fourth-order valence-electron chi connectivity index (χ4n) is 3.52. The summed E-state index contributed by atoms with van der Waals surface area (Å²) in [6, 6.07) is 15.6. The summed E-state index contributed by atoms with van der Waals surface area (Å²) in [5.41, 5.74) is 1.37. The number of hydrogen-bond donors (Lipinski definition) is 1. The predicted octanol–water partition coefficient (Wildman–Crippen LogP) is 3.46. The van der Waals surface area contributed by atoms with Crippen molar-refractivity contribution in [1.29, 1.82) is 0 Å². The van der Waals surface area contributed by atoms with Crippen LogP contribution in [0.2, 0.25) is 0 Å². The van der Waals surface area contributed by atoms with Gasteiger partial charge in [-0.3, -0.25) is 9.59 Å². The van der Waals surface area contributed by atoms with Gasteiger partial charge in [0, 0.05) is 18.7 Å². The number of ketones is 1. The van der Waals surface area contributed by atoms with Crippen LogP contribution < -0.4 is 4.74 Å². The van der Waals surface area contributed by atoms with Crippen LogP contribution in [0.15, 0.2) is 60.2 Å². The number of hydrogen-bond acceptors (Lipinski definition) is 5. The van der Waals surface area contributed by atoms with Gasteiger partial charge in [-0.05, 0) is 57.8 Å². The highest BCUT2D eigenvalue weighted by molar-refractivity contribution is 6.46. The molecule has 6 nitrogen and oxygen atoms in total. The minimum atomic E-state index is -0.664. The Labute approximate surface area is 177 Å². The summed E-state index contributed by atoms with van der Waals surface area (Å²) in [6.45, 7) is 4.86. The molecule has 0 saturated carbocycles. The summed E-state index contributed by atoms with van der Waals surface area (Å²) in [7, 11) is 3.82. The highest BCUT2D eigenvalue weighted by Gasteiger charge is 2.45. The largest absolute Gasteiger partial charge is 0.507 e. The molecule has 1 atom stereocenters. The van der Waals surface area contributed by atoms with Crippen LogP contribution in [0.5, 0.6) is 5.75 Å². The van der Waals surface area contributed by atoms with Crippen LogP contribution in [0.25, 0.3) is 5.76 Å². The maximum absolute atomic E-state index is 12.9. The van der Waals surface area contributed by atoms with E-state index >= 15 is 0 Å². The molecule has 30 heavy (non-hydrogen) atoms. The number of likely N-dealkylation sites (N-methyl/N-ethyl adjacent to an activating group) is 1. The third-order valence-electron chi connectivity index (χ3n) is 4.94. The van der Waals surface area contributed by atoms with Crippen molar-refractivity contribution in [2.45, 2.75) is 26.0 Å². The van der Waals surface area contributed by atoms with Crippen molar-refractivity contribution < 1.29 is 19.4 Å². The highest BCUT2D eigenvalue weighted by atomic mass is 16.5. The molecule has 1 heterocycles. The molecule has 0 aliphatic carbocycles. The number of amides is 1. The van der Waals surface area contributed by atoms with E-state index in [-0.39, 0.29) is 17.4 Å². The lowest BCUT2D eigenvalue weighted by atomic mass is 9.95. The molecular formula is C24H28N2O4. The van der Waals surface area contributed by atoms with Gasteiger partial charge in [-0.15, -0.1) is 0 Å². The lowest BCUT2D eigenvalue weighted by Crippen LogP contribution is -2.35. The summed E-state index contributed by atoms with van der Waals surface area (Å²) in [6.07, 6.45) is 0.0320. The Bertz CT molecular complexity index is 933. The monoisotopic (exact) mass is 408 g/mol. The quantitative estimate of drug-likeness (QED) is 0.432. The van der Waals surface area contributed by atoms with Crippen LogP contribution in [-0.4, -0.2) is 59.9 Å². The molecule has 1 amide bonds. The molecule has 1 saturated heterocycles. The second kappa shape index (κ2) is 9.13. The number of aliphatic hydroxyl groups is 1. The van der Waals surface area contributed by atoms with E-state index in [1.54, 1.807) is 29.2 Å². The van der Waals surface area contributed by atoms with Crippen LogP contribution in [-0.2, 0) is 9.59 Å². The Morgan fingerprint density at radius 3 is 2.27 bits per heavy atom. The first-order valence-corrected chi connectivity index (χ1v) is 10.0. The van der Waals surface area contributed by atoms with E-state index in [1.807, 2.05) is 63.2 Å². The average Bonchev–Trinajstić information content (AvgIpc) is 2.97. The maximum atomic E-state index is 12.9. The molecular weight excluding hydrogens is 380 g/mol. The molecule has 0 bridgehead atoms. The Morgan fingerprint density at radius 2 is 1.70 bits per heavy atom. The Kier molecular flexibility index (Phi) is 6.57. The van der Waals surface area contributed by atoms with Crippen molar-refractivity contribution in [2.24, 2.45) is 0 Å². The number of rotatable bonds is 7. The zero-order chi connectivity index (χ0) is 21.8. The van der Waals surface area contributed by atoms with Gasteiger partial charge in [-0.2, -0.15) is 0 Å². The molecule has 158 valence electrons. The smallest absolute Gasteiger partial charge is 0.295 e. The van der Waals surface area contributed by atoms with E-state index in [0.29, 0.717) is 24.4 Å². The minimum absolute atomic E-state index is 0.0320. The van der Waals surface area contributed by atoms with E-state index in [9.17, 15) is 14.7 Å².